The molecule has 183 valence electrons. The fourth-order valence-electron chi connectivity index (χ4n) is 4.60. The molecule has 0 aliphatic carbocycles. The fraction of sp³-hybridized carbons (Fsp3) is 0.680. The Hall–Kier alpha value is -1.73. The molecule has 1 fully saturated rings. The zero-order chi connectivity index (χ0) is 24.8. The quantitative estimate of drug-likeness (QED) is 0.357. The van der Waals surface area contributed by atoms with Crippen molar-refractivity contribution in [3.8, 4) is 5.75 Å². The van der Waals surface area contributed by atoms with Crippen LogP contribution in [0.25, 0.3) is 0 Å². The van der Waals surface area contributed by atoms with E-state index in [0.29, 0.717) is 46.7 Å². The monoisotopic (exact) mass is 476 g/mol. The van der Waals surface area contributed by atoms with Gasteiger partial charge in [0.2, 0.25) is 0 Å². The Morgan fingerprint density at radius 2 is 1.88 bits per heavy atom. The van der Waals surface area contributed by atoms with Gasteiger partial charge in [0.05, 0.1) is 23.4 Å². The highest BCUT2D eigenvalue weighted by Gasteiger charge is 2.33. The summed E-state index contributed by atoms with van der Waals surface area (Å²) < 4.78 is 5.28. The second-order valence-electron chi connectivity index (χ2n) is 10.6. The fourth-order valence-corrected chi connectivity index (χ4v) is 4.76. The molecule has 0 aromatic heterocycles. The molecule has 0 bridgehead atoms. The number of hydrogen-bond acceptors (Lipinski definition) is 5. The second kappa shape index (κ2) is 11.6. The summed E-state index contributed by atoms with van der Waals surface area (Å²) in [6.07, 6.45) is 3.44. The first kappa shape index (κ1) is 27.5. The SMILES string of the molecule is C[B]C(C)(C)CC(C)(C)C(=O)CCN1CCC(CNC(=O)c2cc(Cl)c(N)cc2OC)CC1. The molecule has 0 atom stereocenters. The number of piperidine rings is 1. The standard InChI is InChI=1S/C25H40BClN3O3/c1-24(2,16-25(3,4)26-5)22(31)9-12-30-10-7-17(8-11-30)15-29-23(32)18-13-19(27)20(28)14-21(18)33-6/h13-14,17H,7-12,15-16,28H2,1-6H3,(H,29,32). The molecule has 1 amide bonds. The van der Waals surface area contributed by atoms with Crippen LogP contribution in [-0.2, 0) is 4.79 Å². The Morgan fingerprint density at radius 1 is 1.24 bits per heavy atom. The van der Waals surface area contributed by atoms with E-state index in [4.69, 9.17) is 22.1 Å². The highest BCUT2D eigenvalue weighted by atomic mass is 35.5. The minimum absolute atomic E-state index is 0.0592. The van der Waals surface area contributed by atoms with Crippen molar-refractivity contribution in [2.75, 3.05) is 39.0 Å². The number of carbonyl (C=O) groups excluding carboxylic acids is 2. The molecule has 0 spiro atoms. The number of ether oxygens (including phenoxy) is 1. The first-order valence-electron chi connectivity index (χ1n) is 11.9. The lowest BCUT2D eigenvalue weighted by atomic mass is 9.51. The molecule has 1 aromatic carbocycles. The van der Waals surface area contributed by atoms with Crippen LogP contribution >= 0.6 is 11.6 Å². The third kappa shape index (κ3) is 7.92. The van der Waals surface area contributed by atoms with Crippen LogP contribution in [0.1, 0.15) is 63.7 Å². The second-order valence-corrected chi connectivity index (χ2v) is 11.0. The van der Waals surface area contributed by atoms with Gasteiger partial charge >= 0.3 is 0 Å². The molecule has 3 N–H and O–H groups in total. The average molecular weight is 477 g/mol. The van der Waals surface area contributed by atoms with Crippen molar-refractivity contribution < 1.29 is 14.3 Å². The number of nitrogens with one attached hydrogen (secondary N) is 1. The van der Waals surface area contributed by atoms with Gasteiger partial charge in [-0.25, -0.2) is 0 Å². The minimum Gasteiger partial charge on any atom is -0.496 e. The van der Waals surface area contributed by atoms with Gasteiger partial charge in [-0.2, -0.15) is 0 Å². The van der Waals surface area contributed by atoms with Gasteiger partial charge in [0, 0.05) is 31.0 Å². The van der Waals surface area contributed by atoms with Crippen LogP contribution in [0.3, 0.4) is 0 Å². The van der Waals surface area contributed by atoms with E-state index in [1.54, 1.807) is 12.1 Å². The zero-order valence-corrected chi connectivity index (χ0v) is 21.8. The maximum absolute atomic E-state index is 12.9. The molecule has 1 saturated heterocycles. The summed E-state index contributed by atoms with van der Waals surface area (Å²) in [7, 11) is 3.69. The molecule has 2 rings (SSSR count). The number of anilines is 1. The number of Topliss-reactive ketones (excluding diaryl/α,β-unsaturated/α-hetero) is 1. The molecule has 8 heteroatoms. The van der Waals surface area contributed by atoms with E-state index in [0.717, 1.165) is 38.9 Å². The van der Waals surface area contributed by atoms with Crippen molar-refractivity contribution in [1.29, 1.82) is 0 Å². The molecule has 33 heavy (non-hydrogen) atoms. The summed E-state index contributed by atoms with van der Waals surface area (Å²) in [6, 6.07) is 3.12. The topological polar surface area (TPSA) is 84.7 Å². The zero-order valence-electron chi connectivity index (χ0n) is 21.1. The average Bonchev–Trinajstić information content (AvgIpc) is 2.77. The molecule has 1 aliphatic heterocycles. The van der Waals surface area contributed by atoms with Crippen molar-refractivity contribution in [3.63, 3.8) is 0 Å². The highest BCUT2D eigenvalue weighted by Crippen LogP contribution is 2.39. The first-order valence-corrected chi connectivity index (χ1v) is 12.2. The number of methoxy groups -OCH3 is 1. The molecule has 1 aromatic rings. The maximum atomic E-state index is 12.9. The number of likely N-dealkylation sites (tertiary alicyclic amines) is 1. The summed E-state index contributed by atoms with van der Waals surface area (Å²) in [5, 5.41) is 3.40. The number of benzene rings is 1. The number of halogens is 1. The third-order valence-corrected chi connectivity index (χ3v) is 7.24. The van der Waals surface area contributed by atoms with Crippen molar-refractivity contribution in [3.05, 3.63) is 22.7 Å². The summed E-state index contributed by atoms with van der Waals surface area (Å²) in [6.45, 7) is 13.9. The molecule has 1 radical (unpaired) electrons. The number of nitrogen functional groups attached to an aromatic ring is 1. The van der Waals surface area contributed by atoms with Gasteiger partial charge in [0.15, 0.2) is 0 Å². The Kier molecular flexibility index (Phi) is 9.68. The molecular formula is C25H40BClN3O3. The Bertz CT molecular complexity index is 836. The van der Waals surface area contributed by atoms with Crippen LogP contribution < -0.4 is 15.8 Å². The number of nitrogens with two attached hydrogens (primary N) is 1. The van der Waals surface area contributed by atoms with Crippen molar-refractivity contribution in [2.45, 2.75) is 65.5 Å². The van der Waals surface area contributed by atoms with E-state index >= 15 is 0 Å². The Morgan fingerprint density at radius 3 is 2.45 bits per heavy atom. The van der Waals surface area contributed by atoms with Crippen LogP contribution in [0, 0.1) is 11.3 Å². The van der Waals surface area contributed by atoms with Gasteiger partial charge in [-0.1, -0.05) is 51.4 Å². The molecule has 0 saturated carbocycles. The van der Waals surface area contributed by atoms with Crippen LogP contribution in [0.4, 0.5) is 5.69 Å². The lowest BCUT2D eigenvalue weighted by Crippen LogP contribution is -2.40. The van der Waals surface area contributed by atoms with Gasteiger partial charge in [-0.05, 0) is 44.3 Å². The van der Waals surface area contributed by atoms with Gasteiger partial charge in [0.1, 0.15) is 18.8 Å². The van der Waals surface area contributed by atoms with Gasteiger partial charge < -0.3 is 20.7 Å². The van der Waals surface area contributed by atoms with E-state index < -0.39 is 0 Å². The number of amides is 1. The summed E-state index contributed by atoms with van der Waals surface area (Å²) in [5.74, 6) is 0.949. The molecule has 0 unspecified atom stereocenters. The summed E-state index contributed by atoms with van der Waals surface area (Å²) >= 11 is 6.08. The van der Waals surface area contributed by atoms with Gasteiger partial charge in [-0.3, -0.25) is 9.59 Å². The number of ketones is 1. The number of hydrogen-bond donors (Lipinski definition) is 2. The normalized spacial score (nSPS) is 15.8. The van der Waals surface area contributed by atoms with E-state index in [9.17, 15) is 9.59 Å². The third-order valence-electron chi connectivity index (χ3n) is 6.91. The Balaban J connectivity index is 1.77. The Labute approximate surface area is 205 Å². The summed E-state index contributed by atoms with van der Waals surface area (Å²) in [4.78, 5) is 27.9. The van der Waals surface area contributed by atoms with E-state index in [1.165, 1.54) is 7.11 Å². The van der Waals surface area contributed by atoms with Crippen LogP contribution in [-0.4, -0.2) is 57.2 Å². The number of rotatable bonds is 11. The highest BCUT2D eigenvalue weighted by molar-refractivity contribution is 6.38. The minimum atomic E-state index is -0.315. The van der Waals surface area contributed by atoms with Crippen LogP contribution in [0.2, 0.25) is 17.2 Å². The number of nitrogens with zero attached hydrogens (tertiary/aromatic N) is 1. The van der Waals surface area contributed by atoms with Crippen molar-refractivity contribution in [1.82, 2.24) is 10.2 Å². The molecule has 1 aliphatic rings. The summed E-state index contributed by atoms with van der Waals surface area (Å²) in [5.41, 5.74) is 6.25. The predicted octanol–water partition coefficient (Wildman–Crippen LogP) is 4.70. The number of carbonyl (C=O) groups is 2. The lowest BCUT2D eigenvalue weighted by molar-refractivity contribution is -0.128. The predicted molar refractivity (Wildman–Crippen MR) is 138 cm³/mol. The van der Waals surface area contributed by atoms with Crippen molar-refractivity contribution in [2.24, 2.45) is 11.3 Å². The van der Waals surface area contributed by atoms with E-state index in [1.807, 2.05) is 0 Å². The van der Waals surface area contributed by atoms with Crippen LogP contribution in [0.5, 0.6) is 5.75 Å². The van der Waals surface area contributed by atoms with E-state index in [2.05, 4.69) is 52.0 Å². The van der Waals surface area contributed by atoms with Gasteiger partial charge in [-0.15, -0.1) is 0 Å². The van der Waals surface area contributed by atoms with Crippen LogP contribution in [0.15, 0.2) is 12.1 Å². The van der Waals surface area contributed by atoms with Crippen molar-refractivity contribution >= 4 is 36.3 Å². The smallest absolute Gasteiger partial charge is 0.255 e. The molecular weight excluding hydrogens is 437 g/mol. The van der Waals surface area contributed by atoms with E-state index in [-0.39, 0.29) is 16.6 Å². The lowest BCUT2D eigenvalue weighted by Gasteiger charge is -2.35. The maximum Gasteiger partial charge on any atom is 0.255 e. The largest absolute Gasteiger partial charge is 0.496 e. The first-order chi connectivity index (χ1) is 15.4. The molecule has 1 heterocycles. The van der Waals surface area contributed by atoms with Gasteiger partial charge in [0.25, 0.3) is 5.91 Å². The molecule has 6 nitrogen and oxygen atoms in total.